The Hall–Kier alpha value is -2.30. The minimum atomic E-state index is 0.138. The standard InChI is InChI=1S/C23H26IN5O2/c1-31-23-18(13-19(24)15-27-23)14-26-20-9-5-11-28(16-21-25-10-6-12-29(21)30)22(20)17-7-3-2-4-8-17/h2-4,6-8,10,12-13,15,20,22,26H,5,9,11,14,16H2,1H3/t20-,22-/m0/s1. The Labute approximate surface area is 196 Å². The molecule has 3 heterocycles. The zero-order chi connectivity index (χ0) is 21.6. The van der Waals surface area contributed by atoms with Gasteiger partial charge in [0.15, 0.2) is 0 Å². The molecular weight excluding hydrogens is 505 g/mol. The fourth-order valence-electron chi connectivity index (χ4n) is 4.25. The number of nitrogens with one attached hydrogen (secondary N) is 1. The van der Waals surface area contributed by atoms with E-state index in [2.05, 4.69) is 73.1 Å². The molecule has 2 atom stereocenters. The lowest BCUT2D eigenvalue weighted by Crippen LogP contribution is -2.49. The Morgan fingerprint density at radius 1 is 1.26 bits per heavy atom. The minimum Gasteiger partial charge on any atom is -0.711 e. The van der Waals surface area contributed by atoms with Gasteiger partial charge in [-0.1, -0.05) is 35.3 Å². The van der Waals surface area contributed by atoms with E-state index in [-0.39, 0.29) is 12.1 Å². The second-order valence-corrected chi connectivity index (χ2v) is 8.88. The summed E-state index contributed by atoms with van der Waals surface area (Å²) in [7, 11) is 1.65. The van der Waals surface area contributed by atoms with Crippen LogP contribution in [0.1, 0.15) is 35.8 Å². The van der Waals surface area contributed by atoms with Gasteiger partial charge in [-0.05, 0) is 53.6 Å². The highest BCUT2D eigenvalue weighted by Crippen LogP contribution is 2.32. The molecule has 2 aromatic heterocycles. The Balaban J connectivity index is 1.58. The third-order valence-electron chi connectivity index (χ3n) is 5.65. The molecule has 1 aliphatic heterocycles. The van der Waals surface area contributed by atoms with Crippen LogP contribution in [0, 0.1) is 8.78 Å². The van der Waals surface area contributed by atoms with Crippen LogP contribution in [0.3, 0.4) is 0 Å². The van der Waals surface area contributed by atoms with E-state index in [1.807, 2.05) is 12.3 Å². The molecular formula is C23H26IN5O2. The Morgan fingerprint density at radius 2 is 2.10 bits per heavy atom. The maximum absolute atomic E-state index is 12.2. The van der Waals surface area contributed by atoms with Crippen molar-refractivity contribution in [1.82, 2.24) is 20.2 Å². The first-order chi connectivity index (χ1) is 15.2. The zero-order valence-corrected chi connectivity index (χ0v) is 19.6. The second kappa shape index (κ2) is 10.3. The van der Waals surface area contributed by atoms with Crippen LogP contribution in [-0.2, 0) is 13.1 Å². The molecule has 0 bridgehead atoms. The van der Waals surface area contributed by atoms with Crippen LogP contribution >= 0.6 is 22.6 Å². The van der Waals surface area contributed by atoms with Crippen molar-refractivity contribution in [2.45, 2.75) is 38.0 Å². The van der Waals surface area contributed by atoms with Gasteiger partial charge in [-0.3, -0.25) is 4.90 Å². The van der Waals surface area contributed by atoms with E-state index in [1.54, 1.807) is 19.4 Å². The van der Waals surface area contributed by atoms with Gasteiger partial charge in [-0.2, -0.15) is 0 Å². The van der Waals surface area contributed by atoms with Gasteiger partial charge in [-0.25, -0.2) is 9.71 Å². The summed E-state index contributed by atoms with van der Waals surface area (Å²) in [4.78, 5) is 11.1. The summed E-state index contributed by atoms with van der Waals surface area (Å²) >= 11 is 2.27. The fourth-order valence-corrected chi connectivity index (χ4v) is 4.77. The van der Waals surface area contributed by atoms with Crippen LogP contribution in [0.2, 0.25) is 0 Å². The number of aromatic nitrogens is 3. The van der Waals surface area contributed by atoms with Crippen LogP contribution in [0.25, 0.3) is 0 Å². The summed E-state index contributed by atoms with van der Waals surface area (Å²) < 4.78 is 7.40. The van der Waals surface area contributed by atoms with Crippen molar-refractivity contribution in [3.63, 3.8) is 0 Å². The van der Waals surface area contributed by atoms with E-state index >= 15 is 0 Å². The van der Waals surface area contributed by atoms with E-state index in [0.717, 1.165) is 33.3 Å². The average Bonchev–Trinajstić information content (AvgIpc) is 2.80. The van der Waals surface area contributed by atoms with Crippen molar-refractivity contribution in [3.05, 3.63) is 86.8 Å². The predicted octanol–water partition coefficient (Wildman–Crippen LogP) is 3.22. The first-order valence-corrected chi connectivity index (χ1v) is 11.5. The summed E-state index contributed by atoms with van der Waals surface area (Å²) in [6.45, 7) is 2.10. The first kappa shape index (κ1) is 21.9. The number of rotatable bonds is 7. The highest BCUT2D eigenvalue weighted by molar-refractivity contribution is 14.1. The molecule has 8 heteroatoms. The number of likely N-dealkylation sites (tertiary alicyclic amines) is 1. The number of methoxy groups -OCH3 is 1. The van der Waals surface area contributed by atoms with E-state index in [1.165, 1.54) is 11.8 Å². The number of benzene rings is 1. The molecule has 4 rings (SSSR count). The quantitative estimate of drug-likeness (QED) is 0.287. The number of halogens is 1. The number of pyridine rings is 1. The highest BCUT2D eigenvalue weighted by Gasteiger charge is 2.34. The SMILES string of the molecule is COc1ncc(I)cc1CN[C@H]1CCCN(Cc2nccc[n+]2[O-])[C@H]1c1ccccc1. The Bertz CT molecular complexity index is 1000. The van der Waals surface area contributed by atoms with Gasteiger partial charge in [-0.15, -0.1) is 0 Å². The van der Waals surface area contributed by atoms with E-state index < -0.39 is 0 Å². The van der Waals surface area contributed by atoms with E-state index in [0.29, 0.717) is 24.8 Å². The molecule has 0 saturated carbocycles. The summed E-state index contributed by atoms with van der Waals surface area (Å²) in [5, 5.41) is 16.0. The number of nitrogens with zero attached hydrogens (tertiary/aromatic N) is 4. The minimum absolute atomic E-state index is 0.138. The smallest absolute Gasteiger partial charge is 0.315 e. The largest absolute Gasteiger partial charge is 0.711 e. The maximum atomic E-state index is 12.2. The van der Waals surface area contributed by atoms with Gasteiger partial charge in [0.25, 0.3) is 0 Å². The molecule has 31 heavy (non-hydrogen) atoms. The summed E-state index contributed by atoms with van der Waals surface area (Å²) in [5.74, 6) is 1.17. The number of piperidine rings is 1. The van der Waals surface area contributed by atoms with Gasteiger partial charge in [0.2, 0.25) is 5.88 Å². The third-order valence-corrected chi connectivity index (χ3v) is 6.24. The number of ether oxygens (including phenoxy) is 1. The lowest BCUT2D eigenvalue weighted by Gasteiger charge is -2.41. The Morgan fingerprint density at radius 3 is 2.87 bits per heavy atom. The van der Waals surface area contributed by atoms with Gasteiger partial charge in [0.1, 0.15) is 12.7 Å². The van der Waals surface area contributed by atoms with Crippen LogP contribution in [-0.4, -0.2) is 34.6 Å². The highest BCUT2D eigenvalue weighted by atomic mass is 127. The van der Waals surface area contributed by atoms with Crippen molar-refractivity contribution < 1.29 is 9.47 Å². The van der Waals surface area contributed by atoms with Gasteiger partial charge in [0.05, 0.1) is 19.3 Å². The van der Waals surface area contributed by atoms with Crippen LogP contribution in [0.4, 0.5) is 0 Å². The van der Waals surface area contributed by atoms with Crippen molar-refractivity contribution in [2.75, 3.05) is 13.7 Å². The molecule has 0 spiro atoms. The lowest BCUT2D eigenvalue weighted by molar-refractivity contribution is -0.619. The van der Waals surface area contributed by atoms with Crippen molar-refractivity contribution in [3.8, 4) is 5.88 Å². The number of hydrogen-bond donors (Lipinski definition) is 1. The van der Waals surface area contributed by atoms with Crippen LogP contribution in [0.5, 0.6) is 5.88 Å². The molecule has 0 radical (unpaired) electrons. The molecule has 1 N–H and O–H groups in total. The van der Waals surface area contributed by atoms with E-state index in [4.69, 9.17) is 4.74 Å². The monoisotopic (exact) mass is 531 g/mol. The van der Waals surface area contributed by atoms with Crippen LogP contribution < -0.4 is 14.8 Å². The molecule has 0 aliphatic carbocycles. The van der Waals surface area contributed by atoms with Crippen LogP contribution in [0.15, 0.2) is 61.1 Å². The zero-order valence-electron chi connectivity index (χ0n) is 17.4. The topological polar surface area (TPSA) is 77.2 Å². The van der Waals surface area contributed by atoms with Gasteiger partial charge >= 0.3 is 5.82 Å². The van der Waals surface area contributed by atoms with Crippen molar-refractivity contribution >= 4 is 22.6 Å². The molecule has 3 aromatic rings. The predicted molar refractivity (Wildman–Crippen MR) is 126 cm³/mol. The molecule has 1 fully saturated rings. The second-order valence-electron chi connectivity index (χ2n) is 7.64. The molecule has 162 valence electrons. The fraction of sp³-hybridized carbons (Fsp3) is 0.348. The molecule has 0 unspecified atom stereocenters. The maximum Gasteiger partial charge on any atom is 0.315 e. The summed E-state index contributed by atoms with van der Waals surface area (Å²) in [5.41, 5.74) is 2.28. The Kier molecular flexibility index (Phi) is 7.31. The summed E-state index contributed by atoms with van der Waals surface area (Å²) in [6, 6.07) is 14.6. The van der Waals surface area contributed by atoms with Gasteiger partial charge < -0.3 is 15.3 Å². The third kappa shape index (κ3) is 5.31. The summed E-state index contributed by atoms with van der Waals surface area (Å²) in [6.07, 6.45) is 7.10. The van der Waals surface area contributed by atoms with E-state index in [9.17, 15) is 5.21 Å². The normalized spacial score (nSPS) is 19.3. The first-order valence-electron chi connectivity index (χ1n) is 10.4. The van der Waals surface area contributed by atoms with Crippen molar-refractivity contribution in [1.29, 1.82) is 0 Å². The average molecular weight is 531 g/mol. The number of hydrogen-bond acceptors (Lipinski definition) is 6. The molecule has 1 saturated heterocycles. The van der Waals surface area contributed by atoms with Crippen molar-refractivity contribution in [2.24, 2.45) is 0 Å². The van der Waals surface area contributed by atoms with Gasteiger partial charge in [0, 0.05) is 34.0 Å². The molecule has 0 amide bonds. The molecule has 1 aromatic carbocycles. The lowest BCUT2D eigenvalue weighted by atomic mass is 9.90. The molecule has 7 nitrogen and oxygen atoms in total. The molecule has 1 aliphatic rings.